The fourth-order valence-electron chi connectivity index (χ4n) is 5.67. The van der Waals surface area contributed by atoms with Crippen LogP contribution in [-0.2, 0) is 6.42 Å². The number of hydrogen-bond acceptors (Lipinski definition) is 2. The van der Waals surface area contributed by atoms with Crippen LogP contribution >= 0.6 is 0 Å². The molecule has 0 saturated carbocycles. The summed E-state index contributed by atoms with van der Waals surface area (Å²) in [7, 11) is 0. The first-order valence-electron chi connectivity index (χ1n) is 12.2. The number of fused-ring (bicyclic) bond motifs is 3. The van der Waals surface area contributed by atoms with Gasteiger partial charge in [-0.15, -0.1) is 0 Å². The molecule has 0 fully saturated rings. The van der Waals surface area contributed by atoms with E-state index >= 15 is 0 Å². The van der Waals surface area contributed by atoms with Crippen LogP contribution in [0.25, 0.3) is 16.7 Å². The van der Waals surface area contributed by atoms with E-state index in [1.54, 1.807) is 0 Å². The molecule has 7 rings (SSSR count). The summed E-state index contributed by atoms with van der Waals surface area (Å²) in [4.78, 5) is 10.2. The fraction of sp³-hybridized carbons (Fsp3) is 0.0909. The maximum atomic E-state index is 5.17. The molecule has 3 aliphatic rings. The van der Waals surface area contributed by atoms with Gasteiger partial charge in [-0.1, -0.05) is 103 Å². The Morgan fingerprint density at radius 1 is 0.771 bits per heavy atom. The Kier molecular flexibility index (Phi) is 4.70. The SMILES string of the molecule is C1=CC(c2ccccc2)C2=c3c(-c4ccccc4)c4c(cc3=NC2=C1)C(Cc1ccccc1)C=N4. The van der Waals surface area contributed by atoms with Crippen molar-refractivity contribution in [2.24, 2.45) is 9.98 Å². The van der Waals surface area contributed by atoms with Crippen molar-refractivity contribution in [1.29, 1.82) is 0 Å². The van der Waals surface area contributed by atoms with Crippen molar-refractivity contribution in [3.63, 3.8) is 0 Å². The smallest absolute Gasteiger partial charge is 0.0750 e. The van der Waals surface area contributed by atoms with E-state index in [0.717, 1.165) is 23.2 Å². The molecule has 0 saturated heterocycles. The molecule has 2 heterocycles. The highest BCUT2D eigenvalue weighted by Crippen LogP contribution is 2.42. The van der Waals surface area contributed by atoms with Crippen LogP contribution in [-0.4, -0.2) is 6.21 Å². The van der Waals surface area contributed by atoms with Crippen LogP contribution in [0, 0.1) is 0 Å². The van der Waals surface area contributed by atoms with Crippen molar-refractivity contribution >= 4 is 17.5 Å². The van der Waals surface area contributed by atoms with Gasteiger partial charge in [0, 0.05) is 28.8 Å². The molecular formula is C33H24N2. The van der Waals surface area contributed by atoms with Crippen molar-refractivity contribution in [3.05, 3.63) is 148 Å². The van der Waals surface area contributed by atoms with E-state index in [1.807, 2.05) is 0 Å². The highest BCUT2D eigenvalue weighted by Gasteiger charge is 2.30. The van der Waals surface area contributed by atoms with E-state index in [-0.39, 0.29) is 11.8 Å². The molecule has 0 N–H and O–H groups in total. The van der Waals surface area contributed by atoms with E-state index in [1.165, 1.54) is 38.6 Å². The molecule has 2 nitrogen and oxygen atoms in total. The summed E-state index contributed by atoms with van der Waals surface area (Å²) in [6.07, 6.45) is 9.67. The van der Waals surface area contributed by atoms with Gasteiger partial charge in [0.2, 0.25) is 0 Å². The highest BCUT2D eigenvalue weighted by atomic mass is 14.8. The number of rotatable bonds is 4. The molecule has 2 atom stereocenters. The fourth-order valence-corrected chi connectivity index (χ4v) is 5.67. The first-order chi connectivity index (χ1) is 17.4. The van der Waals surface area contributed by atoms with Gasteiger partial charge in [-0.2, -0.15) is 0 Å². The lowest BCUT2D eigenvalue weighted by atomic mass is 9.83. The van der Waals surface area contributed by atoms with E-state index in [2.05, 4.69) is 122 Å². The summed E-state index contributed by atoms with van der Waals surface area (Å²) < 4.78 is 0. The molecule has 4 aromatic carbocycles. The molecule has 1 aliphatic carbocycles. The minimum Gasteiger partial charge on any atom is -0.260 e. The molecule has 2 heteroatoms. The van der Waals surface area contributed by atoms with Crippen LogP contribution in [0.15, 0.2) is 131 Å². The maximum Gasteiger partial charge on any atom is 0.0750 e. The van der Waals surface area contributed by atoms with E-state index in [4.69, 9.17) is 9.98 Å². The van der Waals surface area contributed by atoms with Crippen molar-refractivity contribution in [2.75, 3.05) is 0 Å². The predicted octanol–water partition coefficient (Wildman–Crippen LogP) is 6.42. The minimum absolute atomic E-state index is 0.173. The van der Waals surface area contributed by atoms with Gasteiger partial charge < -0.3 is 0 Å². The maximum absolute atomic E-state index is 5.17. The molecule has 0 spiro atoms. The van der Waals surface area contributed by atoms with E-state index in [9.17, 15) is 0 Å². The zero-order valence-electron chi connectivity index (χ0n) is 19.3. The zero-order chi connectivity index (χ0) is 23.2. The third-order valence-corrected chi connectivity index (χ3v) is 7.27. The summed E-state index contributed by atoms with van der Waals surface area (Å²) in [5.41, 5.74) is 9.76. The topological polar surface area (TPSA) is 24.7 Å². The number of allylic oxidation sites excluding steroid dienone is 4. The Morgan fingerprint density at radius 2 is 1.49 bits per heavy atom. The number of aliphatic imine (C=N–C) groups is 1. The van der Waals surface area contributed by atoms with Crippen molar-refractivity contribution in [2.45, 2.75) is 18.3 Å². The largest absolute Gasteiger partial charge is 0.260 e. The normalized spacial score (nSPS) is 19.1. The third-order valence-electron chi connectivity index (χ3n) is 7.27. The average molecular weight is 449 g/mol. The third kappa shape index (κ3) is 3.33. The van der Waals surface area contributed by atoms with Crippen LogP contribution in [0.3, 0.4) is 0 Å². The average Bonchev–Trinajstić information content (AvgIpc) is 3.50. The molecule has 0 bridgehead atoms. The highest BCUT2D eigenvalue weighted by molar-refractivity contribution is 5.93. The van der Waals surface area contributed by atoms with Crippen molar-refractivity contribution in [1.82, 2.24) is 0 Å². The summed E-state index contributed by atoms with van der Waals surface area (Å²) >= 11 is 0. The second-order valence-electron chi connectivity index (χ2n) is 9.37. The van der Waals surface area contributed by atoms with Crippen LogP contribution < -0.4 is 10.6 Å². The van der Waals surface area contributed by atoms with E-state index in [0.29, 0.717) is 0 Å². The molecule has 2 aliphatic heterocycles. The van der Waals surface area contributed by atoms with Gasteiger partial charge in [0.05, 0.1) is 16.7 Å². The van der Waals surface area contributed by atoms with Crippen LogP contribution in [0.5, 0.6) is 0 Å². The second kappa shape index (κ2) is 8.18. The molecule has 0 radical (unpaired) electrons. The van der Waals surface area contributed by atoms with E-state index < -0.39 is 0 Å². The number of nitrogens with zero attached hydrogens (tertiary/aromatic N) is 2. The predicted molar refractivity (Wildman–Crippen MR) is 144 cm³/mol. The first kappa shape index (κ1) is 20.1. The Balaban J connectivity index is 1.50. The van der Waals surface area contributed by atoms with Gasteiger partial charge in [0.15, 0.2) is 0 Å². The number of hydrogen-bond donors (Lipinski definition) is 0. The van der Waals surface area contributed by atoms with Crippen LogP contribution in [0.2, 0.25) is 0 Å². The Bertz CT molecular complexity index is 1640. The van der Waals surface area contributed by atoms with Crippen molar-refractivity contribution < 1.29 is 0 Å². The summed E-state index contributed by atoms with van der Waals surface area (Å²) in [6.45, 7) is 0. The first-order valence-corrected chi connectivity index (χ1v) is 12.2. The summed E-state index contributed by atoms with van der Waals surface area (Å²) in [6, 6.07) is 34.5. The molecule has 166 valence electrons. The monoisotopic (exact) mass is 448 g/mol. The molecule has 4 aromatic rings. The van der Waals surface area contributed by atoms with Crippen LogP contribution in [0.1, 0.15) is 28.5 Å². The standard InChI is InChI=1S/C33H24N2/c1-4-11-22(12-5-1)19-25-21-34-33-27(25)20-29-32(30(33)24-15-8-3-9-16-24)31-26(17-10-18-28(31)35-29)23-13-6-2-7-14-23/h1-18,20-21,25-26H,19H2. The number of benzene rings is 4. The summed E-state index contributed by atoms with van der Waals surface area (Å²) in [5, 5.41) is 2.30. The Hall–Kier alpha value is -4.30. The van der Waals surface area contributed by atoms with Crippen molar-refractivity contribution in [3.8, 4) is 11.1 Å². The zero-order valence-corrected chi connectivity index (χ0v) is 19.3. The molecule has 0 amide bonds. The van der Waals surface area contributed by atoms with Gasteiger partial charge in [0.1, 0.15) is 0 Å². The van der Waals surface area contributed by atoms with Gasteiger partial charge in [-0.05, 0) is 46.4 Å². The van der Waals surface area contributed by atoms with Gasteiger partial charge in [0.25, 0.3) is 0 Å². The molecule has 35 heavy (non-hydrogen) atoms. The molecule has 0 aromatic heterocycles. The Morgan fingerprint density at radius 3 is 2.26 bits per heavy atom. The lowest BCUT2D eigenvalue weighted by Crippen LogP contribution is -2.28. The lowest BCUT2D eigenvalue weighted by molar-refractivity contribution is 0.909. The lowest BCUT2D eigenvalue weighted by Gasteiger charge is -2.20. The minimum atomic E-state index is 0.173. The molecular weight excluding hydrogens is 424 g/mol. The summed E-state index contributed by atoms with van der Waals surface area (Å²) in [5.74, 6) is 0.423. The second-order valence-corrected chi connectivity index (χ2v) is 9.37. The quantitative estimate of drug-likeness (QED) is 0.344. The molecule has 2 unspecified atom stereocenters. The van der Waals surface area contributed by atoms with Crippen LogP contribution in [0.4, 0.5) is 5.69 Å². The Labute approximate surface area is 205 Å². The van der Waals surface area contributed by atoms with Gasteiger partial charge >= 0.3 is 0 Å². The van der Waals surface area contributed by atoms with Gasteiger partial charge in [-0.3, -0.25) is 4.99 Å². The van der Waals surface area contributed by atoms with Gasteiger partial charge in [-0.25, -0.2) is 4.99 Å².